The number of anilines is 1. The summed E-state index contributed by atoms with van der Waals surface area (Å²) in [5.74, 6) is 0.990. The van der Waals surface area contributed by atoms with Crippen molar-refractivity contribution in [3.63, 3.8) is 0 Å². The summed E-state index contributed by atoms with van der Waals surface area (Å²) in [6.07, 6.45) is 0. The lowest BCUT2D eigenvalue weighted by atomic mass is 10.2. The summed E-state index contributed by atoms with van der Waals surface area (Å²) >= 11 is 0. The van der Waals surface area contributed by atoms with E-state index in [1.807, 2.05) is 6.07 Å². The van der Waals surface area contributed by atoms with Gasteiger partial charge in [-0.2, -0.15) is 0 Å². The fraction of sp³-hybridized carbons (Fsp3) is 0.278. The molecular formula is C18H20N4O5. The van der Waals surface area contributed by atoms with E-state index in [2.05, 4.69) is 16.0 Å². The third-order valence-electron chi connectivity index (χ3n) is 4.10. The maximum absolute atomic E-state index is 12.5. The van der Waals surface area contributed by atoms with Gasteiger partial charge in [0.05, 0.1) is 0 Å². The SMILES string of the molecule is CNC(=O)Nc1ccc(C)n(CC(=O)NCc2ccc3c(c2)OCO3)c1=O. The molecule has 1 aromatic heterocycles. The van der Waals surface area contributed by atoms with Gasteiger partial charge >= 0.3 is 6.03 Å². The molecule has 0 atom stereocenters. The largest absolute Gasteiger partial charge is 0.454 e. The summed E-state index contributed by atoms with van der Waals surface area (Å²) in [5, 5.41) is 7.59. The van der Waals surface area contributed by atoms with Crippen molar-refractivity contribution < 1.29 is 19.1 Å². The minimum absolute atomic E-state index is 0.100. The molecule has 0 fully saturated rings. The standard InChI is InChI=1S/C18H20N4O5/c1-11-3-5-13(21-18(25)19-2)17(24)22(11)9-16(23)20-8-12-4-6-14-15(7-12)27-10-26-14/h3-7H,8-10H2,1-2H3,(H,20,23)(H2,19,21,25). The first kappa shape index (κ1) is 18.3. The van der Waals surface area contributed by atoms with E-state index in [-0.39, 0.29) is 24.9 Å². The number of carbonyl (C=O) groups excluding carboxylic acids is 2. The van der Waals surface area contributed by atoms with Crippen molar-refractivity contribution in [2.24, 2.45) is 0 Å². The van der Waals surface area contributed by atoms with Gasteiger partial charge < -0.3 is 30.0 Å². The number of nitrogens with one attached hydrogen (secondary N) is 3. The summed E-state index contributed by atoms with van der Waals surface area (Å²) in [5.41, 5.74) is 1.12. The van der Waals surface area contributed by atoms with Gasteiger partial charge in [-0.25, -0.2) is 4.79 Å². The molecule has 27 heavy (non-hydrogen) atoms. The normalized spacial score (nSPS) is 11.8. The second-order valence-electron chi connectivity index (χ2n) is 5.95. The van der Waals surface area contributed by atoms with Gasteiger partial charge in [-0.1, -0.05) is 6.07 Å². The average Bonchev–Trinajstić information content (AvgIpc) is 3.13. The Bertz CT molecular complexity index is 938. The van der Waals surface area contributed by atoms with E-state index in [4.69, 9.17) is 9.47 Å². The Morgan fingerprint density at radius 1 is 1.15 bits per heavy atom. The van der Waals surface area contributed by atoms with Crippen LogP contribution in [0.1, 0.15) is 11.3 Å². The second-order valence-corrected chi connectivity index (χ2v) is 5.95. The lowest BCUT2D eigenvalue weighted by molar-refractivity contribution is -0.121. The molecule has 0 bridgehead atoms. The Balaban J connectivity index is 1.66. The molecule has 1 aromatic carbocycles. The lowest BCUT2D eigenvalue weighted by Crippen LogP contribution is -2.35. The molecule has 0 spiro atoms. The van der Waals surface area contributed by atoms with E-state index in [0.717, 1.165) is 5.56 Å². The van der Waals surface area contributed by atoms with Crippen LogP contribution in [-0.4, -0.2) is 30.3 Å². The van der Waals surface area contributed by atoms with E-state index in [0.29, 0.717) is 23.7 Å². The molecule has 3 rings (SSSR count). The van der Waals surface area contributed by atoms with Crippen molar-refractivity contribution >= 4 is 17.6 Å². The van der Waals surface area contributed by atoms with E-state index < -0.39 is 11.6 Å². The summed E-state index contributed by atoms with van der Waals surface area (Å²) < 4.78 is 11.9. The van der Waals surface area contributed by atoms with Gasteiger partial charge in [-0.3, -0.25) is 9.59 Å². The minimum Gasteiger partial charge on any atom is -0.454 e. The van der Waals surface area contributed by atoms with Crippen LogP contribution in [0.15, 0.2) is 35.1 Å². The maximum Gasteiger partial charge on any atom is 0.319 e. The summed E-state index contributed by atoms with van der Waals surface area (Å²) in [4.78, 5) is 36.2. The molecule has 0 aliphatic carbocycles. The predicted octanol–water partition coefficient (Wildman–Crippen LogP) is 0.953. The number of carbonyl (C=O) groups is 2. The number of aryl methyl sites for hydroxylation is 1. The number of benzene rings is 1. The van der Waals surface area contributed by atoms with Gasteiger partial charge in [0.1, 0.15) is 12.2 Å². The topological polar surface area (TPSA) is 111 Å². The molecule has 142 valence electrons. The van der Waals surface area contributed by atoms with Crippen molar-refractivity contribution in [1.82, 2.24) is 15.2 Å². The molecule has 0 unspecified atom stereocenters. The smallest absolute Gasteiger partial charge is 0.319 e. The van der Waals surface area contributed by atoms with Crippen LogP contribution in [0.2, 0.25) is 0 Å². The van der Waals surface area contributed by atoms with Crippen LogP contribution in [-0.2, 0) is 17.9 Å². The highest BCUT2D eigenvalue weighted by atomic mass is 16.7. The van der Waals surface area contributed by atoms with E-state index >= 15 is 0 Å². The Hall–Kier alpha value is -3.49. The molecule has 0 saturated carbocycles. The number of hydrogen-bond acceptors (Lipinski definition) is 5. The number of rotatable bonds is 5. The molecule has 1 aliphatic rings. The molecule has 9 heteroatoms. The highest BCUT2D eigenvalue weighted by Gasteiger charge is 2.14. The van der Waals surface area contributed by atoms with Gasteiger partial charge in [0, 0.05) is 19.3 Å². The third-order valence-corrected chi connectivity index (χ3v) is 4.10. The predicted molar refractivity (Wildman–Crippen MR) is 97.9 cm³/mol. The van der Waals surface area contributed by atoms with E-state index in [1.54, 1.807) is 25.1 Å². The Morgan fingerprint density at radius 2 is 1.93 bits per heavy atom. The van der Waals surface area contributed by atoms with Gasteiger partial charge in [0.25, 0.3) is 5.56 Å². The minimum atomic E-state index is -0.505. The van der Waals surface area contributed by atoms with Gasteiger partial charge in [0.15, 0.2) is 11.5 Å². The Labute approximate surface area is 155 Å². The molecule has 3 N–H and O–H groups in total. The lowest BCUT2D eigenvalue weighted by Gasteiger charge is -2.13. The van der Waals surface area contributed by atoms with Crippen LogP contribution < -0.4 is 31.0 Å². The zero-order valence-corrected chi connectivity index (χ0v) is 15.0. The number of pyridine rings is 1. The van der Waals surface area contributed by atoms with Gasteiger partial charge in [0.2, 0.25) is 12.7 Å². The van der Waals surface area contributed by atoms with Crippen molar-refractivity contribution in [3.05, 3.63) is 51.9 Å². The van der Waals surface area contributed by atoms with Crippen molar-refractivity contribution in [1.29, 1.82) is 0 Å². The summed E-state index contributed by atoms with van der Waals surface area (Å²) in [7, 11) is 1.45. The number of urea groups is 1. The number of ether oxygens (including phenoxy) is 2. The number of hydrogen-bond donors (Lipinski definition) is 3. The first-order valence-corrected chi connectivity index (χ1v) is 8.32. The molecule has 1 aliphatic heterocycles. The van der Waals surface area contributed by atoms with Crippen LogP contribution in [0.5, 0.6) is 11.5 Å². The number of fused-ring (bicyclic) bond motifs is 1. The van der Waals surface area contributed by atoms with Crippen LogP contribution in [0.25, 0.3) is 0 Å². The Kier molecular flexibility index (Phi) is 5.30. The highest BCUT2D eigenvalue weighted by molar-refractivity contribution is 5.88. The fourth-order valence-corrected chi connectivity index (χ4v) is 2.60. The number of amides is 3. The molecule has 0 saturated heterocycles. The van der Waals surface area contributed by atoms with Crippen molar-refractivity contribution in [2.75, 3.05) is 19.2 Å². The fourth-order valence-electron chi connectivity index (χ4n) is 2.60. The highest BCUT2D eigenvalue weighted by Crippen LogP contribution is 2.32. The number of aromatic nitrogens is 1. The summed E-state index contributed by atoms with van der Waals surface area (Å²) in [6, 6.07) is 8.08. The third kappa shape index (κ3) is 4.20. The van der Waals surface area contributed by atoms with E-state index in [1.165, 1.54) is 17.7 Å². The van der Waals surface area contributed by atoms with Crippen molar-refractivity contribution in [2.45, 2.75) is 20.0 Å². The zero-order chi connectivity index (χ0) is 19.4. The molecule has 0 radical (unpaired) electrons. The quantitative estimate of drug-likeness (QED) is 0.724. The van der Waals surface area contributed by atoms with Crippen LogP contribution in [0.3, 0.4) is 0 Å². The van der Waals surface area contributed by atoms with Gasteiger partial charge in [-0.05, 0) is 36.8 Å². The second kappa shape index (κ2) is 7.81. The van der Waals surface area contributed by atoms with Crippen LogP contribution in [0, 0.1) is 6.92 Å². The Morgan fingerprint density at radius 3 is 2.70 bits per heavy atom. The maximum atomic E-state index is 12.5. The zero-order valence-electron chi connectivity index (χ0n) is 15.0. The average molecular weight is 372 g/mol. The van der Waals surface area contributed by atoms with Crippen molar-refractivity contribution in [3.8, 4) is 11.5 Å². The molecule has 9 nitrogen and oxygen atoms in total. The molecule has 2 heterocycles. The van der Waals surface area contributed by atoms with Gasteiger partial charge in [-0.15, -0.1) is 0 Å². The van der Waals surface area contributed by atoms with Crippen LogP contribution >= 0.6 is 0 Å². The molecule has 2 aromatic rings. The summed E-state index contributed by atoms with van der Waals surface area (Å²) in [6.45, 7) is 2.04. The van der Waals surface area contributed by atoms with E-state index in [9.17, 15) is 14.4 Å². The first-order valence-electron chi connectivity index (χ1n) is 8.32. The monoisotopic (exact) mass is 372 g/mol. The van der Waals surface area contributed by atoms with Crippen LogP contribution in [0.4, 0.5) is 10.5 Å². The number of nitrogens with zero attached hydrogens (tertiary/aromatic N) is 1. The molecular weight excluding hydrogens is 352 g/mol. The molecule has 3 amide bonds. The first-order chi connectivity index (χ1) is 13.0.